The van der Waals surface area contributed by atoms with Crippen LogP contribution in [0.15, 0.2) is 30.3 Å². The summed E-state index contributed by atoms with van der Waals surface area (Å²) in [6.07, 6.45) is 6.80. The summed E-state index contributed by atoms with van der Waals surface area (Å²) >= 11 is 0. The molecule has 0 radical (unpaired) electrons. The van der Waals surface area contributed by atoms with Gasteiger partial charge < -0.3 is 9.72 Å². The lowest BCUT2D eigenvalue weighted by Crippen LogP contribution is -2.08. The van der Waals surface area contributed by atoms with E-state index in [2.05, 4.69) is 29.0 Å². The Morgan fingerprint density at radius 2 is 2.00 bits per heavy atom. The number of hydrogen-bond donors (Lipinski definition) is 1. The number of nitrogens with one attached hydrogen (secondary N) is 1. The summed E-state index contributed by atoms with van der Waals surface area (Å²) in [6, 6.07) is 10.3. The third-order valence-electron chi connectivity index (χ3n) is 6.28. The molecule has 1 fully saturated rings. The molecule has 0 unspecified atom stereocenters. The molecule has 1 saturated carbocycles. The SMILES string of the molecule is COC(=O)c1cccc(Cc2c(C3(C)CC3)[nH]c3cc4c(cc23)CCC4)n1. The number of aromatic amines is 1. The molecule has 0 bridgehead atoms. The molecule has 2 aliphatic carbocycles. The van der Waals surface area contributed by atoms with E-state index in [0.29, 0.717) is 5.69 Å². The van der Waals surface area contributed by atoms with Gasteiger partial charge in [0.15, 0.2) is 0 Å². The average molecular weight is 360 g/mol. The van der Waals surface area contributed by atoms with Gasteiger partial charge in [0.1, 0.15) is 5.69 Å². The summed E-state index contributed by atoms with van der Waals surface area (Å²) in [5.74, 6) is -0.386. The van der Waals surface area contributed by atoms with Gasteiger partial charge in [-0.1, -0.05) is 13.0 Å². The van der Waals surface area contributed by atoms with Crippen molar-refractivity contribution in [1.29, 1.82) is 0 Å². The highest BCUT2D eigenvalue weighted by Crippen LogP contribution is 2.50. The number of nitrogens with zero attached hydrogens (tertiary/aromatic N) is 1. The fraction of sp³-hybridized carbons (Fsp3) is 0.391. The Bertz CT molecular complexity index is 1060. The van der Waals surface area contributed by atoms with Crippen molar-refractivity contribution in [1.82, 2.24) is 9.97 Å². The second-order valence-electron chi connectivity index (χ2n) is 8.24. The van der Waals surface area contributed by atoms with Gasteiger partial charge in [-0.05, 0) is 73.1 Å². The molecule has 0 atom stereocenters. The van der Waals surface area contributed by atoms with Gasteiger partial charge >= 0.3 is 5.97 Å². The monoisotopic (exact) mass is 360 g/mol. The number of aryl methyl sites for hydroxylation is 2. The molecule has 1 N–H and O–H groups in total. The minimum atomic E-state index is -0.386. The topological polar surface area (TPSA) is 55.0 Å². The molecule has 0 spiro atoms. The van der Waals surface area contributed by atoms with Crippen LogP contribution < -0.4 is 0 Å². The first-order chi connectivity index (χ1) is 13.1. The van der Waals surface area contributed by atoms with Crippen LogP contribution in [0.1, 0.15) is 64.8 Å². The van der Waals surface area contributed by atoms with Crippen molar-refractivity contribution >= 4 is 16.9 Å². The van der Waals surface area contributed by atoms with Crippen LogP contribution in [0.2, 0.25) is 0 Å². The van der Waals surface area contributed by atoms with E-state index in [9.17, 15) is 4.79 Å². The van der Waals surface area contributed by atoms with Crippen LogP contribution in [0.4, 0.5) is 0 Å². The maximum absolute atomic E-state index is 11.9. The van der Waals surface area contributed by atoms with Crippen molar-refractivity contribution in [2.45, 2.75) is 50.9 Å². The zero-order valence-corrected chi connectivity index (χ0v) is 15.9. The lowest BCUT2D eigenvalue weighted by Gasteiger charge is -2.11. The third-order valence-corrected chi connectivity index (χ3v) is 6.28. The molecular formula is C23H24N2O2. The Kier molecular flexibility index (Phi) is 3.64. The first-order valence-electron chi connectivity index (χ1n) is 9.78. The number of pyridine rings is 1. The molecule has 0 aliphatic heterocycles. The minimum Gasteiger partial charge on any atom is -0.464 e. The Morgan fingerprint density at radius 1 is 1.22 bits per heavy atom. The van der Waals surface area contributed by atoms with E-state index in [-0.39, 0.29) is 11.4 Å². The van der Waals surface area contributed by atoms with E-state index < -0.39 is 0 Å². The van der Waals surface area contributed by atoms with Gasteiger partial charge in [-0.2, -0.15) is 0 Å². The molecule has 3 aromatic rings. The van der Waals surface area contributed by atoms with Gasteiger partial charge in [0.2, 0.25) is 0 Å². The Hall–Kier alpha value is -2.62. The van der Waals surface area contributed by atoms with E-state index >= 15 is 0 Å². The molecule has 4 heteroatoms. The fourth-order valence-corrected chi connectivity index (χ4v) is 4.44. The molecule has 0 amide bonds. The van der Waals surface area contributed by atoms with Gasteiger partial charge in [-0.3, -0.25) is 0 Å². The van der Waals surface area contributed by atoms with Gasteiger partial charge in [-0.25, -0.2) is 9.78 Å². The highest BCUT2D eigenvalue weighted by atomic mass is 16.5. The van der Waals surface area contributed by atoms with Crippen LogP contribution in [-0.2, 0) is 29.4 Å². The van der Waals surface area contributed by atoms with Crippen molar-refractivity contribution in [2.24, 2.45) is 0 Å². The molecule has 1 aromatic carbocycles. The van der Waals surface area contributed by atoms with Crippen molar-refractivity contribution in [2.75, 3.05) is 7.11 Å². The van der Waals surface area contributed by atoms with E-state index in [1.807, 2.05) is 12.1 Å². The summed E-state index contributed by atoms with van der Waals surface area (Å²) in [5.41, 5.74) is 8.46. The number of carbonyl (C=O) groups is 1. The Balaban J connectivity index is 1.62. The predicted molar refractivity (Wildman–Crippen MR) is 105 cm³/mol. The predicted octanol–water partition coefficient (Wildman–Crippen LogP) is 4.48. The highest BCUT2D eigenvalue weighted by molar-refractivity contribution is 5.88. The highest BCUT2D eigenvalue weighted by Gasteiger charge is 2.42. The number of benzene rings is 1. The number of hydrogen-bond acceptors (Lipinski definition) is 3. The van der Waals surface area contributed by atoms with Crippen LogP contribution in [-0.4, -0.2) is 23.0 Å². The van der Waals surface area contributed by atoms with Crippen molar-refractivity contribution in [3.8, 4) is 0 Å². The quantitative estimate of drug-likeness (QED) is 0.698. The van der Waals surface area contributed by atoms with E-state index in [1.165, 1.54) is 72.5 Å². The van der Waals surface area contributed by atoms with E-state index in [4.69, 9.17) is 4.74 Å². The second kappa shape index (κ2) is 5.95. The first kappa shape index (κ1) is 16.5. The summed E-state index contributed by atoms with van der Waals surface area (Å²) in [7, 11) is 1.39. The first-order valence-corrected chi connectivity index (χ1v) is 9.78. The van der Waals surface area contributed by atoms with Crippen LogP contribution >= 0.6 is 0 Å². The largest absolute Gasteiger partial charge is 0.464 e. The third kappa shape index (κ3) is 2.75. The molecule has 4 nitrogen and oxygen atoms in total. The summed E-state index contributed by atoms with van der Waals surface area (Å²) < 4.78 is 4.83. The van der Waals surface area contributed by atoms with Gasteiger partial charge in [0, 0.05) is 34.1 Å². The molecule has 27 heavy (non-hydrogen) atoms. The molecule has 5 rings (SSSR count). The van der Waals surface area contributed by atoms with Crippen LogP contribution in [0.3, 0.4) is 0 Å². The Labute approximate surface area is 159 Å². The molecule has 2 heterocycles. The summed E-state index contributed by atoms with van der Waals surface area (Å²) in [4.78, 5) is 20.2. The van der Waals surface area contributed by atoms with E-state index in [0.717, 1.165) is 12.1 Å². The summed E-state index contributed by atoms with van der Waals surface area (Å²) in [6.45, 7) is 2.34. The molecule has 2 aromatic heterocycles. The van der Waals surface area contributed by atoms with Gasteiger partial charge in [0.05, 0.1) is 7.11 Å². The standard InChI is InChI=1S/C23H24N2O2/c1-23(9-10-23)21-18(13-16-7-4-8-19(24-16)22(26)27-2)17-11-14-5-3-6-15(14)12-20(17)25-21/h4,7-8,11-12,25H,3,5-6,9-10,13H2,1-2H3. The van der Waals surface area contributed by atoms with Crippen LogP contribution in [0.25, 0.3) is 10.9 Å². The number of rotatable bonds is 4. The number of carbonyl (C=O) groups excluding carboxylic acids is 1. The van der Waals surface area contributed by atoms with E-state index in [1.54, 1.807) is 6.07 Å². The lowest BCUT2D eigenvalue weighted by molar-refractivity contribution is 0.0593. The van der Waals surface area contributed by atoms with Crippen LogP contribution in [0.5, 0.6) is 0 Å². The zero-order chi connectivity index (χ0) is 18.6. The lowest BCUT2D eigenvalue weighted by atomic mass is 9.95. The number of H-pyrrole nitrogens is 1. The van der Waals surface area contributed by atoms with Gasteiger partial charge in [0.25, 0.3) is 0 Å². The maximum atomic E-state index is 11.9. The molecule has 0 saturated heterocycles. The normalized spacial score (nSPS) is 17.1. The van der Waals surface area contributed by atoms with Crippen molar-refractivity contribution in [3.63, 3.8) is 0 Å². The number of aromatic nitrogens is 2. The molecule has 138 valence electrons. The van der Waals surface area contributed by atoms with Crippen molar-refractivity contribution in [3.05, 3.63) is 64.1 Å². The minimum absolute atomic E-state index is 0.249. The van der Waals surface area contributed by atoms with Crippen molar-refractivity contribution < 1.29 is 9.53 Å². The molecular weight excluding hydrogens is 336 g/mol. The second-order valence-corrected chi connectivity index (χ2v) is 8.24. The maximum Gasteiger partial charge on any atom is 0.356 e. The number of fused-ring (bicyclic) bond motifs is 2. The summed E-state index contributed by atoms with van der Waals surface area (Å²) in [5, 5.41) is 1.32. The van der Waals surface area contributed by atoms with Crippen LogP contribution in [0, 0.1) is 0 Å². The smallest absolute Gasteiger partial charge is 0.356 e. The fourth-order valence-electron chi connectivity index (χ4n) is 4.44. The number of methoxy groups -OCH3 is 1. The average Bonchev–Trinajstić information content (AvgIpc) is 3.12. The van der Waals surface area contributed by atoms with Gasteiger partial charge in [-0.15, -0.1) is 0 Å². The number of ether oxygens (including phenoxy) is 1. The molecule has 2 aliphatic rings. The Morgan fingerprint density at radius 3 is 2.74 bits per heavy atom. The zero-order valence-electron chi connectivity index (χ0n) is 15.9. The number of esters is 1.